The number of hydrogen-bond acceptors (Lipinski definition) is 4. The Balaban J connectivity index is 1.96. The summed E-state index contributed by atoms with van der Waals surface area (Å²) >= 11 is 1.32. The van der Waals surface area contributed by atoms with E-state index in [0.717, 1.165) is 16.8 Å². The van der Waals surface area contributed by atoms with Crippen LogP contribution in [0.15, 0.2) is 54.6 Å². The highest BCUT2D eigenvalue weighted by molar-refractivity contribution is 7.22. The molecule has 152 valence electrons. The van der Waals surface area contributed by atoms with E-state index in [2.05, 4.69) is 0 Å². The van der Waals surface area contributed by atoms with Crippen molar-refractivity contribution in [3.8, 4) is 21.9 Å². The van der Waals surface area contributed by atoms with Crippen LogP contribution in [0, 0.1) is 17.5 Å². The van der Waals surface area contributed by atoms with Gasteiger partial charge in [-0.3, -0.25) is 4.79 Å². The SMILES string of the molecule is COc1ccc(-c2sc3cc(OC)ccc3c2C(=O)c2ccc(F)c(F)c2F)cc1. The van der Waals surface area contributed by atoms with Gasteiger partial charge in [-0.25, -0.2) is 13.2 Å². The van der Waals surface area contributed by atoms with Crippen molar-refractivity contribution < 1.29 is 27.4 Å². The average Bonchev–Trinajstić information content (AvgIpc) is 3.15. The summed E-state index contributed by atoms with van der Waals surface area (Å²) in [5, 5.41) is 0.570. The third-order valence-corrected chi connectivity index (χ3v) is 5.96. The second-order valence-electron chi connectivity index (χ2n) is 6.45. The molecule has 0 spiro atoms. The highest BCUT2D eigenvalue weighted by Gasteiger charge is 2.26. The largest absolute Gasteiger partial charge is 0.497 e. The first-order valence-corrected chi connectivity index (χ1v) is 9.69. The Kier molecular flexibility index (Phi) is 5.22. The number of ketones is 1. The lowest BCUT2D eigenvalue weighted by Gasteiger charge is -2.08. The number of hydrogen-bond donors (Lipinski definition) is 0. The number of carbonyl (C=O) groups is 1. The Hall–Kier alpha value is -3.32. The molecule has 4 rings (SSSR count). The van der Waals surface area contributed by atoms with Crippen molar-refractivity contribution >= 4 is 27.2 Å². The third kappa shape index (κ3) is 3.31. The zero-order chi connectivity index (χ0) is 21.4. The molecule has 1 heterocycles. The molecule has 0 radical (unpaired) electrons. The molecule has 4 aromatic rings. The van der Waals surface area contributed by atoms with Crippen molar-refractivity contribution in [2.24, 2.45) is 0 Å². The summed E-state index contributed by atoms with van der Waals surface area (Å²) < 4.78 is 52.7. The fourth-order valence-corrected chi connectivity index (χ4v) is 4.44. The van der Waals surface area contributed by atoms with Gasteiger partial charge in [0, 0.05) is 20.5 Å². The normalized spacial score (nSPS) is 11.0. The Labute approximate surface area is 174 Å². The van der Waals surface area contributed by atoms with Gasteiger partial charge in [0.15, 0.2) is 23.2 Å². The van der Waals surface area contributed by atoms with Crippen molar-refractivity contribution in [3.63, 3.8) is 0 Å². The fraction of sp³-hybridized carbons (Fsp3) is 0.0870. The molecule has 0 aliphatic carbocycles. The van der Waals surface area contributed by atoms with Gasteiger partial charge in [-0.05, 0) is 60.2 Å². The third-order valence-electron chi connectivity index (χ3n) is 4.76. The van der Waals surface area contributed by atoms with E-state index in [4.69, 9.17) is 9.47 Å². The topological polar surface area (TPSA) is 35.5 Å². The molecule has 0 bridgehead atoms. The molecule has 0 N–H and O–H groups in total. The summed E-state index contributed by atoms with van der Waals surface area (Å²) in [5.41, 5.74) is 0.397. The van der Waals surface area contributed by atoms with Crippen molar-refractivity contribution in [1.29, 1.82) is 0 Å². The minimum absolute atomic E-state index is 0.215. The standard InChI is InChI=1S/C23H15F3O3S/c1-28-13-5-3-12(4-6-13)23-19(15-8-7-14(29-2)11-18(15)30-23)22(27)16-9-10-17(24)21(26)20(16)25/h3-11H,1-2H3. The van der Waals surface area contributed by atoms with E-state index in [0.29, 0.717) is 27.3 Å². The molecule has 0 aliphatic heterocycles. The maximum atomic E-state index is 14.4. The molecule has 0 saturated heterocycles. The zero-order valence-corrected chi connectivity index (χ0v) is 16.8. The number of halogens is 3. The highest BCUT2D eigenvalue weighted by Crippen LogP contribution is 2.42. The zero-order valence-electron chi connectivity index (χ0n) is 16.0. The lowest BCUT2D eigenvalue weighted by Crippen LogP contribution is -2.08. The number of rotatable bonds is 5. The van der Waals surface area contributed by atoms with Gasteiger partial charge in [0.2, 0.25) is 0 Å². The van der Waals surface area contributed by atoms with Gasteiger partial charge in [-0.15, -0.1) is 11.3 Å². The van der Waals surface area contributed by atoms with Crippen LogP contribution in [0.3, 0.4) is 0 Å². The van der Waals surface area contributed by atoms with Gasteiger partial charge in [-0.2, -0.15) is 0 Å². The van der Waals surface area contributed by atoms with E-state index in [1.54, 1.807) is 49.6 Å². The molecule has 0 fully saturated rings. The number of thiophene rings is 1. The first-order valence-electron chi connectivity index (χ1n) is 8.87. The molecule has 30 heavy (non-hydrogen) atoms. The smallest absolute Gasteiger partial charge is 0.198 e. The number of fused-ring (bicyclic) bond motifs is 1. The lowest BCUT2D eigenvalue weighted by molar-refractivity contribution is 0.103. The van der Waals surface area contributed by atoms with Crippen LogP contribution in [0.2, 0.25) is 0 Å². The van der Waals surface area contributed by atoms with Gasteiger partial charge in [0.05, 0.1) is 19.8 Å². The molecule has 0 saturated carbocycles. The molecule has 3 nitrogen and oxygen atoms in total. The minimum Gasteiger partial charge on any atom is -0.497 e. The Morgan fingerprint density at radius 2 is 1.50 bits per heavy atom. The van der Waals surface area contributed by atoms with Crippen LogP contribution < -0.4 is 9.47 Å². The Morgan fingerprint density at radius 1 is 0.833 bits per heavy atom. The molecular formula is C23H15F3O3S. The van der Waals surface area contributed by atoms with Gasteiger partial charge >= 0.3 is 0 Å². The molecule has 0 unspecified atom stereocenters. The minimum atomic E-state index is -1.67. The van der Waals surface area contributed by atoms with Gasteiger partial charge < -0.3 is 9.47 Å². The summed E-state index contributed by atoms with van der Waals surface area (Å²) in [5.74, 6) is -4.02. The van der Waals surface area contributed by atoms with Crippen LogP contribution in [0.25, 0.3) is 20.5 Å². The number of carbonyl (C=O) groups excluding carboxylic acids is 1. The van der Waals surface area contributed by atoms with Crippen LogP contribution in [-0.2, 0) is 0 Å². The van der Waals surface area contributed by atoms with E-state index < -0.39 is 28.8 Å². The summed E-state index contributed by atoms with van der Waals surface area (Å²) in [6, 6.07) is 13.9. The van der Waals surface area contributed by atoms with E-state index >= 15 is 0 Å². The number of benzene rings is 3. The van der Waals surface area contributed by atoms with Gasteiger partial charge in [0.25, 0.3) is 0 Å². The Morgan fingerprint density at radius 3 is 2.17 bits per heavy atom. The first kappa shape index (κ1) is 20.0. The second-order valence-corrected chi connectivity index (χ2v) is 7.50. The summed E-state index contributed by atoms with van der Waals surface area (Å²) in [6.07, 6.45) is 0. The van der Waals surface area contributed by atoms with Crippen LogP contribution in [-0.4, -0.2) is 20.0 Å². The predicted molar refractivity (Wildman–Crippen MR) is 110 cm³/mol. The highest BCUT2D eigenvalue weighted by atomic mass is 32.1. The van der Waals surface area contributed by atoms with E-state index in [-0.39, 0.29) is 5.56 Å². The van der Waals surface area contributed by atoms with Gasteiger partial charge in [-0.1, -0.05) is 0 Å². The molecule has 3 aromatic carbocycles. The van der Waals surface area contributed by atoms with Crippen LogP contribution in [0.4, 0.5) is 13.2 Å². The summed E-state index contributed by atoms with van der Waals surface area (Å²) in [6.45, 7) is 0. The van der Waals surface area contributed by atoms with Crippen LogP contribution >= 0.6 is 11.3 Å². The molecule has 0 aliphatic rings. The molecule has 1 aromatic heterocycles. The van der Waals surface area contributed by atoms with E-state index in [1.165, 1.54) is 18.4 Å². The van der Waals surface area contributed by atoms with Gasteiger partial charge in [0.1, 0.15) is 11.5 Å². The van der Waals surface area contributed by atoms with Crippen LogP contribution in [0.5, 0.6) is 11.5 Å². The number of ether oxygens (including phenoxy) is 2. The average molecular weight is 428 g/mol. The van der Waals surface area contributed by atoms with E-state index in [1.807, 2.05) is 0 Å². The van der Waals surface area contributed by atoms with Crippen molar-refractivity contribution in [2.75, 3.05) is 14.2 Å². The van der Waals surface area contributed by atoms with Crippen molar-refractivity contribution in [3.05, 3.63) is 83.2 Å². The second kappa shape index (κ2) is 7.84. The first-order chi connectivity index (χ1) is 14.4. The summed E-state index contributed by atoms with van der Waals surface area (Å²) in [4.78, 5) is 13.9. The lowest BCUT2D eigenvalue weighted by atomic mass is 9.97. The molecule has 7 heteroatoms. The predicted octanol–water partition coefficient (Wildman–Crippen LogP) is 6.23. The maximum Gasteiger partial charge on any atom is 0.198 e. The van der Waals surface area contributed by atoms with E-state index in [9.17, 15) is 18.0 Å². The molecule has 0 amide bonds. The molecular weight excluding hydrogens is 413 g/mol. The summed E-state index contributed by atoms with van der Waals surface area (Å²) in [7, 11) is 3.07. The maximum absolute atomic E-state index is 14.4. The Bertz CT molecular complexity index is 1260. The van der Waals surface area contributed by atoms with Crippen molar-refractivity contribution in [2.45, 2.75) is 0 Å². The molecule has 0 atom stereocenters. The number of methoxy groups -OCH3 is 2. The quantitative estimate of drug-likeness (QED) is 0.279. The van der Waals surface area contributed by atoms with Crippen LogP contribution in [0.1, 0.15) is 15.9 Å². The van der Waals surface area contributed by atoms with Crippen molar-refractivity contribution in [1.82, 2.24) is 0 Å². The fourth-order valence-electron chi connectivity index (χ4n) is 3.21. The monoisotopic (exact) mass is 428 g/mol.